The molecule has 1 amide bonds. The van der Waals surface area contributed by atoms with Crippen molar-refractivity contribution in [3.8, 4) is 11.4 Å². The standard InChI is InChI=1S/C42H43N7O8/c1-3-5-13-33(57-34(50)15-14-31(40(53)54)48-38(51)27(43)16-22-18-44-28-10-7-6-9-23(22)28)42(4-2)26-17-32-36-24(19-49(32)39(52)25(26)20-56-41(42)55)37-35-29(45-21-46-37)11-8-12-30(35)47-36/h6-12,17-18,21,27,31,33,44H,3-5,13-16,19-20,43H2,1-2H3,(H,45,46)(H,48,51)(H,53,54)/t27-,31-,33?,42-/m0/s1. The number of H-pyrrole nitrogens is 1. The average molecular weight is 774 g/mol. The van der Waals surface area contributed by atoms with Crippen LogP contribution in [0, 0.1) is 0 Å². The molecule has 57 heavy (non-hydrogen) atoms. The molecule has 6 N–H and O–H groups in total. The number of benzene rings is 2. The van der Waals surface area contributed by atoms with Crippen molar-refractivity contribution in [3.05, 3.63) is 87.3 Å². The Morgan fingerprint density at radius 3 is 2.72 bits per heavy atom. The summed E-state index contributed by atoms with van der Waals surface area (Å²) < 4.78 is 13.5. The number of aliphatic carboxylic acids is 1. The zero-order valence-corrected chi connectivity index (χ0v) is 31.6. The van der Waals surface area contributed by atoms with E-state index in [-0.39, 0.29) is 50.8 Å². The number of hydrogen-bond acceptors (Lipinski definition) is 11. The minimum atomic E-state index is -1.54. The third-order valence-electron chi connectivity index (χ3n) is 11.6. The minimum Gasteiger partial charge on any atom is -0.480 e. The largest absolute Gasteiger partial charge is 0.480 e. The number of fused-ring (bicyclic) bond motifs is 6. The Labute approximate surface area is 326 Å². The number of carboxylic acid groups (broad SMARTS) is 1. The Kier molecular flexibility index (Phi) is 9.86. The SMILES string of the molecule is CCCCC(OC(=O)CC[C@H](NC(=O)[C@@H](N)Cc1c[nH]c2ccccc12)C(=O)O)[C@@]1(CC)C(=O)OCc2c1cc1n(c2=O)Cc2c-1nc1cccc3c1c2N=CN3. The van der Waals surface area contributed by atoms with Crippen molar-refractivity contribution in [1.82, 2.24) is 19.9 Å². The van der Waals surface area contributed by atoms with Crippen molar-refractivity contribution in [2.75, 3.05) is 5.32 Å². The normalized spacial score (nSPS) is 17.8. The number of unbranched alkanes of at least 4 members (excludes halogenated alkanes) is 1. The van der Waals surface area contributed by atoms with Crippen molar-refractivity contribution in [1.29, 1.82) is 0 Å². The zero-order valence-electron chi connectivity index (χ0n) is 31.6. The topological polar surface area (TPSA) is 220 Å². The smallest absolute Gasteiger partial charge is 0.326 e. The number of hydrogen-bond donors (Lipinski definition) is 5. The Morgan fingerprint density at radius 1 is 1.11 bits per heavy atom. The van der Waals surface area contributed by atoms with Crippen LogP contribution < -0.4 is 21.9 Å². The highest BCUT2D eigenvalue weighted by Gasteiger charge is 2.54. The second-order valence-electron chi connectivity index (χ2n) is 14.8. The number of aromatic amines is 1. The van der Waals surface area contributed by atoms with Crippen LogP contribution in [0.15, 0.2) is 64.5 Å². The van der Waals surface area contributed by atoms with E-state index >= 15 is 0 Å². The highest BCUT2D eigenvalue weighted by molar-refractivity contribution is 6.09. The number of aliphatic imine (C=N–C) groups is 1. The minimum absolute atomic E-state index is 0.147. The summed E-state index contributed by atoms with van der Waals surface area (Å²) in [5, 5.41) is 17.4. The third-order valence-corrected chi connectivity index (χ3v) is 11.6. The lowest BCUT2D eigenvalue weighted by Crippen LogP contribution is -2.53. The number of nitrogens with zero attached hydrogens (tertiary/aromatic N) is 3. The molecule has 15 nitrogen and oxygen atoms in total. The summed E-state index contributed by atoms with van der Waals surface area (Å²) in [5.41, 5.74) is 11.0. The number of para-hydroxylation sites is 1. The molecule has 15 heteroatoms. The Bertz CT molecular complexity index is 2560. The fourth-order valence-electron chi connectivity index (χ4n) is 8.55. The molecule has 0 spiro atoms. The van der Waals surface area contributed by atoms with Gasteiger partial charge in [-0.2, -0.15) is 0 Å². The number of pyridine rings is 2. The first-order valence-corrected chi connectivity index (χ1v) is 19.3. The summed E-state index contributed by atoms with van der Waals surface area (Å²) in [6.07, 6.45) is 3.57. The Hall–Kier alpha value is -6.35. The van der Waals surface area contributed by atoms with E-state index in [1.54, 1.807) is 24.0 Å². The number of carbonyl (C=O) groups excluding carboxylic acids is 3. The molecule has 5 aromatic rings. The molecular weight excluding hydrogens is 731 g/mol. The number of anilines is 1. The lowest BCUT2D eigenvalue weighted by Gasteiger charge is -2.41. The molecule has 3 aromatic heterocycles. The summed E-state index contributed by atoms with van der Waals surface area (Å²) in [6.45, 7) is 3.75. The second kappa shape index (κ2) is 15.0. The molecule has 0 saturated carbocycles. The molecule has 8 rings (SSSR count). The van der Waals surface area contributed by atoms with E-state index in [4.69, 9.17) is 20.2 Å². The maximum atomic E-state index is 14.3. The lowest BCUT2D eigenvalue weighted by atomic mass is 9.69. The predicted molar refractivity (Wildman–Crippen MR) is 212 cm³/mol. The Balaban J connectivity index is 1.05. The quantitative estimate of drug-likeness (QED) is 0.0954. The molecule has 0 aliphatic carbocycles. The van der Waals surface area contributed by atoms with Gasteiger partial charge in [0.1, 0.15) is 24.2 Å². The first-order valence-electron chi connectivity index (χ1n) is 19.3. The molecule has 0 radical (unpaired) electrons. The lowest BCUT2D eigenvalue weighted by molar-refractivity contribution is -0.169. The van der Waals surface area contributed by atoms with E-state index < -0.39 is 47.4 Å². The third kappa shape index (κ3) is 6.41. The van der Waals surface area contributed by atoms with Crippen LogP contribution in [0.25, 0.3) is 33.2 Å². The van der Waals surface area contributed by atoms with E-state index in [2.05, 4.69) is 20.6 Å². The van der Waals surface area contributed by atoms with Gasteiger partial charge in [-0.3, -0.25) is 19.2 Å². The van der Waals surface area contributed by atoms with E-state index in [1.165, 1.54) is 0 Å². The van der Waals surface area contributed by atoms with E-state index in [0.717, 1.165) is 45.2 Å². The number of esters is 2. The van der Waals surface area contributed by atoms with Crippen molar-refractivity contribution < 1.29 is 33.8 Å². The molecule has 1 unspecified atom stereocenters. The van der Waals surface area contributed by atoms with Gasteiger partial charge in [0, 0.05) is 34.5 Å². The molecule has 294 valence electrons. The van der Waals surface area contributed by atoms with Crippen LogP contribution in [0.1, 0.15) is 74.6 Å². The van der Waals surface area contributed by atoms with Gasteiger partial charge in [-0.25, -0.2) is 14.8 Å². The van der Waals surface area contributed by atoms with Gasteiger partial charge in [-0.1, -0.05) is 44.5 Å². The molecule has 0 saturated heterocycles. The van der Waals surface area contributed by atoms with Crippen molar-refractivity contribution in [2.24, 2.45) is 10.7 Å². The van der Waals surface area contributed by atoms with Crippen LogP contribution in [0.5, 0.6) is 0 Å². The van der Waals surface area contributed by atoms with Crippen LogP contribution in [0.4, 0.5) is 11.4 Å². The fraction of sp³-hybridized carbons (Fsp3) is 0.357. The van der Waals surface area contributed by atoms with Crippen LogP contribution >= 0.6 is 0 Å². The van der Waals surface area contributed by atoms with Crippen molar-refractivity contribution in [2.45, 2.75) is 95.5 Å². The average Bonchev–Trinajstić information content (AvgIpc) is 3.80. The molecule has 3 aliphatic rings. The number of aromatic nitrogens is 3. The molecule has 0 bridgehead atoms. The van der Waals surface area contributed by atoms with E-state index in [1.807, 2.05) is 55.5 Å². The number of carbonyl (C=O) groups is 4. The van der Waals surface area contributed by atoms with Gasteiger partial charge in [-0.15, -0.1) is 0 Å². The van der Waals surface area contributed by atoms with E-state index in [9.17, 15) is 29.1 Å². The summed E-state index contributed by atoms with van der Waals surface area (Å²) in [4.78, 5) is 80.2. The van der Waals surface area contributed by atoms with Gasteiger partial charge in [0.05, 0.1) is 52.8 Å². The van der Waals surface area contributed by atoms with E-state index in [0.29, 0.717) is 34.5 Å². The van der Waals surface area contributed by atoms with Crippen LogP contribution in [0.2, 0.25) is 0 Å². The second-order valence-corrected chi connectivity index (χ2v) is 14.8. The number of ether oxygens (including phenoxy) is 2. The van der Waals surface area contributed by atoms with Crippen LogP contribution in [0.3, 0.4) is 0 Å². The Morgan fingerprint density at radius 2 is 1.93 bits per heavy atom. The first kappa shape index (κ1) is 37.6. The summed E-state index contributed by atoms with van der Waals surface area (Å²) in [6, 6.07) is 12.6. The van der Waals surface area contributed by atoms with Crippen molar-refractivity contribution in [3.63, 3.8) is 0 Å². The van der Waals surface area contributed by atoms with Gasteiger partial charge in [0.2, 0.25) is 5.91 Å². The van der Waals surface area contributed by atoms with Gasteiger partial charge in [-0.05, 0) is 67.5 Å². The highest BCUT2D eigenvalue weighted by atomic mass is 16.6. The monoisotopic (exact) mass is 773 g/mol. The van der Waals surface area contributed by atoms with Gasteiger partial charge in [0.15, 0.2) is 0 Å². The fourth-order valence-corrected chi connectivity index (χ4v) is 8.55. The predicted octanol–water partition coefficient (Wildman–Crippen LogP) is 4.72. The molecule has 6 heterocycles. The molecule has 4 atom stereocenters. The van der Waals surface area contributed by atoms with Crippen LogP contribution in [-0.4, -0.2) is 68.0 Å². The zero-order chi connectivity index (χ0) is 40.0. The van der Waals surface area contributed by atoms with Gasteiger partial charge in [0.25, 0.3) is 5.56 Å². The van der Waals surface area contributed by atoms with Gasteiger partial charge >= 0.3 is 17.9 Å². The number of nitrogens with two attached hydrogens (primary N) is 1. The highest BCUT2D eigenvalue weighted by Crippen LogP contribution is 2.47. The number of nitrogens with one attached hydrogen (secondary N) is 3. The summed E-state index contributed by atoms with van der Waals surface area (Å²) >= 11 is 0. The molecule has 2 aromatic carbocycles. The number of rotatable bonds is 14. The number of cyclic esters (lactones) is 1. The van der Waals surface area contributed by atoms with Crippen LogP contribution in [-0.2, 0) is 53.6 Å². The van der Waals surface area contributed by atoms with Gasteiger partial charge < -0.3 is 40.5 Å². The maximum Gasteiger partial charge on any atom is 0.326 e. The van der Waals surface area contributed by atoms with Crippen molar-refractivity contribution >= 4 is 63.3 Å². The number of amides is 1. The maximum absolute atomic E-state index is 14.3. The summed E-state index contributed by atoms with van der Waals surface area (Å²) in [5.74, 6) is -3.39. The number of carboxylic acids is 1. The molecular formula is C42H43N7O8. The summed E-state index contributed by atoms with van der Waals surface area (Å²) in [7, 11) is 0. The first-order chi connectivity index (χ1) is 27.5. The molecule has 3 aliphatic heterocycles. The molecule has 0 fully saturated rings.